The Hall–Kier alpha value is -1.09. The lowest BCUT2D eigenvalue weighted by Crippen LogP contribution is -1.98. The average molecular weight is 222 g/mol. The lowest BCUT2D eigenvalue weighted by atomic mass is 10.3. The Morgan fingerprint density at radius 3 is 2.73 bits per heavy atom. The first-order chi connectivity index (χ1) is 7.16. The highest BCUT2D eigenvalue weighted by Gasteiger charge is 2.28. The molecule has 78 valence electrons. The number of hydrogen-bond donors (Lipinski definition) is 0. The summed E-state index contributed by atoms with van der Waals surface area (Å²) in [7, 11) is 0. The van der Waals surface area contributed by atoms with Crippen LogP contribution in [-0.2, 0) is 0 Å². The quantitative estimate of drug-likeness (QED) is 0.741. The lowest BCUT2D eigenvalue weighted by Gasteiger charge is -2.04. The van der Waals surface area contributed by atoms with Crippen LogP contribution in [-0.4, -0.2) is 14.5 Å². The molecule has 0 saturated heterocycles. The van der Waals surface area contributed by atoms with Crippen molar-refractivity contribution in [3.8, 4) is 0 Å². The van der Waals surface area contributed by atoms with Crippen molar-refractivity contribution in [2.75, 3.05) is 0 Å². The summed E-state index contributed by atoms with van der Waals surface area (Å²) >= 11 is 6.22. The zero-order valence-corrected chi connectivity index (χ0v) is 9.54. The fourth-order valence-corrected chi connectivity index (χ4v) is 2.35. The van der Waals surface area contributed by atoms with Gasteiger partial charge in [0.25, 0.3) is 0 Å². The van der Waals surface area contributed by atoms with Gasteiger partial charge in [-0.25, -0.2) is 9.97 Å². The van der Waals surface area contributed by atoms with Crippen molar-refractivity contribution in [3.63, 3.8) is 0 Å². The number of aromatic nitrogens is 3. The predicted octanol–water partition coefficient (Wildman–Crippen LogP) is 3.04. The Balaban J connectivity index is 2.38. The van der Waals surface area contributed by atoms with Crippen LogP contribution in [0.5, 0.6) is 0 Å². The van der Waals surface area contributed by atoms with Crippen LogP contribution in [0, 0.1) is 13.8 Å². The highest BCUT2D eigenvalue weighted by atomic mass is 35.5. The van der Waals surface area contributed by atoms with E-state index in [4.69, 9.17) is 11.6 Å². The third-order valence-corrected chi connectivity index (χ3v) is 3.15. The van der Waals surface area contributed by atoms with Crippen LogP contribution >= 0.6 is 11.6 Å². The molecule has 15 heavy (non-hydrogen) atoms. The largest absolute Gasteiger partial charge is 0.313 e. The zero-order chi connectivity index (χ0) is 10.6. The Morgan fingerprint density at radius 1 is 1.33 bits per heavy atom. The normalized spacial score (nSPS) is 16.2. The number of rotatable bonds is 1. The Kier molecular flexibility index (Phi) is 1.80. The highest BCUT2D eigenvalue weighted by molar-refractivity contribution is 6.31. The second kappa shape index (κ2) is 2.95. The van der Waals surface area contributed by atoms with E-state index in [1.54, 1.807) is 0 Å². The van der Waals surface area contributed by atoms with Crippen molar-refractivity contribution >= 4 is 22.6 Å². The number of aryl methyl sites for hydroxylation is 2. The zero-order valence-electron chi connectivity index (χ0n) is 8.79. The first kappa shape index (κ1) is 9.16. The van der Waals surface area contributed by atoms with E-state index < -0.39 is 0 Å². The summed E-state index contributed by atoms with van der Waals surface area (Å²) < 4.78 is 2.14. The topological polar surface area (TPSA) is 30.7 Å². The summed E-state index contributed by atoms with van der Waals surface area (Å²) in [6, 6.07) is 2.54. The van der Waals surface area contributed by atoms with E-state index >= 15 is 0 Å². The van der Waals surface area contributed by atoms with Gasteiger partial charge in [-0.3, -0.25) is 0 Å². The number of nitrogens with zero attached hydrogens (tertiary/aromatic N) is 3. The molecule has 0 spiro atoms. The van der Waals surface area contributed by atoms with Crippen molar-refractivity contribution in [1.82, 2.24) is 14.5 Å². The molecule has 4 heteroatoms. The minimum absolute atomic E-state index is 0.559. The molecule has 1 fully saturated rings. The van der Waals surface area contributed by atoms with E-state index in [1.807, 2.05) is 19.9 Å². The summed E-state index contributed by atoms with van der Waals surface area (Å²) in [5.41, 5.74) is 2.01. The molecule has 0 unspecified atom stereocenters. The predicted molar refractivity (Wildman–Crippen MR) is 60.3 cm³/mol. The minimum Gasteiger partial charge on any atom is -0.313 e. The summed E-state index contributed by atoms with van der Waals surface area (Å²) in [6.45, 7) is 3.93. The average Bonchev–Trinajstić information content (AvgIpc) is 2.91. The van der Waals surface area contributed by atoms with Crippen LogP contribution < -0.4 is 0 Å². The molecular formula is C11H12ClN3. The molecule has 1 saturated carbocycles. The molecule has 2 heterocycles. The third kappa shape index (κ3) is 1.34. The second-order valence-electron chi connectivity index (χ2n) is 4.16. The van der Waals surface area contributed by atoms with Gasteiger partial charge in [-0.15, -0.1) is 0 Å². The maximum absolute atomic E-state index is 6.22. The van der Waals surface area contributed by atoms with Gasteiger partial charge in [0.2, 0.25) is 0 Å². The fraction of sp³-hybridized carbons (Fsp3) is 0.455. The van der Waals surface area contributed by atoms with Gasteiger partial charge in [0, 0.05) is 11.4 Å². The van der Waals surface area contributed by atoms with Crippen molar-refractivity contribution in [1.29, 1.82) is 0 Å². The SMILES string of the molecule is Cc1nc(C)c2cc(Cl)n(C3CC3)c2n1. The summed E-state index contributed by atoms with van der Waals surface area (Å²) in [5.74, 6) is 0.816. The van der Waals surface area contributed by atoms with Crippen molar-refractivity contribution in [2.24, 2.45) is 0 Å². The highest BCUT2D eigenvalue weighted by Crippen LogP contribution is 2.40. The molecular weight excluding hydrogens is 210 g/mol. The van der Waals surface area contributed by atoms with Gasteiger partial charge in [-0.1, -0.05) is 11.6 Å². The molecule has 0 N–H and O–H groups in total. The van der Waals surface area contributed by atoms with Crippen molar-refractivity contribution < 1.29 is 0 Å². The number of fused-ring (bicyclic) bond motifs is 1. The summed E-state index contributed by atoms with van der Waals surface area (Å²) in [4.78, 5) is 8.84. The Labute approximate surface area is 93.1 Å². The standard InChI is InChI=1S/C11H12ClN3/c1-6-9-5-10(12)15(8-3-4-8)11(9)14-7(2)13-6/h5,8H,3-4H2,1-2H3. The van der Waals surface area contributed by atoms with Gasteiger partial charge in [-0.05, 0) is 32.8 Å². The maximum Gasteiger partial charge on any atom is 0.145 e. The monoisotopic (exact) mass is 221 g/mol. The molecule has 1 aliphatic rings. The lowest BCUT2D eigenvalue weighted by molar-refractivity contribution is 0.763. The van der Waals surface area contributed by atoms with Gasteiger partial charge >= 0.3 is 0 Å². The molecule has 0 radical (unpaired) electrons. The molecule has 0 bridgehead atoms. The number of halogens is 1. The third-order valence-electron chi connectivity index (χ3n) is 2.86. The molecule has 0 aliphatic heterocycles. The van der Waals surface area contributed by atoms with Crippen LogP contribution in [0.25, 0.3) is 11.0 Å². The van der Waals surface area contributed by atoms with Crippen molar-refractivity contribution in [2.45, 2.75) is 32.7 Å². The Morgan fingerprint density at radius 2 is 2.07 bits per heavy atom. The van der Waals surface area contributed by atoms with Crippen molar-refractivity contribution in [3.05, 3.63) is 22.7 Å². The van der Waals surface area contributed by atoms with E-state index in [-0.39, 0.29) is 0 Å². The second-order valence-corrected chi connectivity index (χ2v) is 4.55. The van der Waals surface area contributed by atoms with Crippen LogP contribution in [0.2, 0.25) is 5.15 Å². The summed E-state index contributed by atoms with van der Waals surface area (Å²) in [6.07, 6.45) is 2.43. The molecule has 0 aromatic carbocycles. The van der Waals surface area contributed by atoms with E-state index in [0.717, 1.165) is 27.7 Å². The first-order valence-electron chi connectivity index (χ1n) is 5.18. The van der Waals surface area contributed by atoms with Gasteiger partial charge in [-0.2, -0.15) is 0 Å². The molecule has 0 amide bonds. The van der Waals surface area contributed by atoms with E-state index in [1.165, 1.54) is 12.8 Å². The molecule has 2 aromatic heterocycles. The van der Waals surface area contributed by atoms with Crippen LogP contribution in [0.4, 0.5) is 0 Å². The van der Waals surface area contributed by atoms with Crippen LogP contribution in [0.1, 0.15) is 30.4 Å². The van der Waals surface area contributed by atoms with Crippen LogP contribution in [0.15, 0.2) is 6.07 Å². The molecule has 2 aromatic rings. The minimum atomic E-state index is 0.559. The summed E-state index contributed by atoms with van der Waals surface area (Å²) in [5, 5.41) is 1.87. The molecule has 1 aliphatic carbocycles. The number of hydrogen-bond acceptors (Lipinski definition) is 2. The maximum atomic E-state index is 6.22. The van der Waals surface area contributed by atoms with Gasteiger partial charge in [0.05, 0.1) is 5.69 Å². The van der Waals surface area contributed by atoms with Crippen LogP contribution in [0.3, 0.4) is 0 Å². The van der Waals surface area contributed by atoms with Gasteiger partial charge in [0.15, 0.2) is 0 Å². The smallest absolute Gasteiger partial charge is 0.145 e. The Bertz CT molecular complexity index is 540. The fourth-order valence-electron chi connectivity index (χ4n) is 2.03. The van der Waals surface area contributed by atoms with E-state index in [0.29, 0.717) is 6.04 Å². The molecule has 0 atom stereocenters. The van der Waals surface area contributed by atoms with E-state index in [2.05, 4.69) is 14.5 Å². The van der Waals surface area contributed by atoms with Gasteiger partial charge in [0.1, 0.15) is 16.6 Å². The molecule has 3 nitrogen and oxygen atoms in total. The van der Waals surface area contributed by atoms with E-state index in [9.17, 15) is 0 Å². The molecule has 3 rings (SSSR count). The van der Waals surface area contributed by atoms with Gasteiger partial charge < -0.3 is 4.57 Å². The first-order valence-corrected chi connectivity index (χ1v) is 5.56.